The van der Waals surface area contributed by atoms with Crippen LogP contribution in [0.5, 0.6) is 0 Å². The van der Waals surface area contributed by atoms with Gasteiger partial charge in [0.15, 0.2) is 0 Å². The maximum atomic E-state index is 12.2. The lowest BCUT2D eigenvalue weighted by molar-refractivity contribution is -0.128. The van der Waals surface area contributed by atoms with E-state index in [1.165, 1.54) is 0 Å². The highest BCUT2D eigenvalue weighted by Gasteiger charge is 2.49. The predicted octanol–water partition coefficient (Wildman–Crippen LogP) is 4.09. The number of benzene rings is 1. The van der Waals surface area contributed by atoms with Gasteiger partial charge in [0.25, 0.3) is 0 Å². The predicted molar refractivity (Wildman–Crippen MR) is 76.9 cm³/mol. The number of amides is 1. The largest absolute Gasteiger partial charge is 0.324 e. The zero-order valence-corrected chi connectivity index (χ0v) is 13.0. The van der Waals surface area contributed by atoms with Crippen molar-refractivity contribution in [2.24, 2.45) is 11.3 Å². The maximum Gasteiger partial charge on any atom is 0.244 e. The molecule has 1 saturated carbocycles. The number of rotatable bonds is 2. The Balaban J connectivity index is 2.17. The number of carbonyl (C=O) groups is 1. The van der Waals surface area contributed by atoms with Crippen LogP contribution < -0.4 is 5.32 Å². The molecule has 0 heterocycles. The fourth-order valence-corrected chi connectivity index (χ4v) is 3.00. The topological polar surface area (TPSA) is 52.9 Å². The van der Waals surface area contributed by atoms with E-state index in [1.807, 2.05) is 18.2 Å². The monoisotopic (exact) mass is 370 g/mol. The van der Waals surface area contributed by atoms with Gasteiger partial charge in [-0.05, 0) is 52.9 Å². The Morgan fingerprint density at radius 2 is 2.17 bits per heavy atom. The molecule has 5 heteroatoms. The molecule has 0 saturated heterocycles. The first-order valence-electron chi connectivity index (χ1n) is 5.64. The lowest BCUT2D eigenvalue weighted by atomic mass is 9.63. The molecule has 0 spiro atoms. The van der Waals surface area contributed by atoms with Crippen molar-refractivity contribution in [1.82, 2.24) is 0 Å². The van der Waals surface area contributed by atoms with Gasteiger partial charge < -0.3 is 5.32 Å². The Morgan fingerprint density at radius 3 is 2.72 bits per heavy atom. The van der Waals surface area contributed by atoms with Crippen LogP contribution in [0.1, 0.15) is 19.8 Å². The average molecular weight is 372 g/mol. The van der Waals surface area contributed by atoms with Crippen molar-refractivity contribution >= 4 is 43.5 Å². The summed E-state index contributed by atoms with van der Waals surface area (Å²) < 4.78 is 1.69. The van der Waals surface area contributed by atoms with Crippen LogP contribution in [0.25, 0.3) is 0 Å². The van der Waals surface area contributed by atoms with Gasteiger partial charge in [-0.15, -0.1) is 0 Å². The van der Waals surface area contributed by atoms with Crippen LogP contribution >= 0.6 is 31.9 Å². The number of anilines is 1. The van der Waals surface area contributed by atoms with E-state index >= 15 is 0 Å². The molecule has 94 valence electrons. The summed E-state index contributed by atoms with van der Waals surface area (Å²) in [5, 5.41) is 12.0. The maximum absolute atomic E-state index is 12.2. The molecule has 18 heavy (non-hydrogen) atoms. The minimum atomic E-state index is -0.846. The van der Waals surface area contributed by atoms with Gasteiger partial charge in [-0.1, -0.05) is 22.9 Å². The molecule has 0 atom stereocenters. The highest BCUT2D eigenvalue weighted by Crippen LogP contribution is 2.46. The first-order chi connectivity index (χ1) is 8.47. The third kappa shape index (κ3) is 2.45. The minimum absolute atomic E-state index is 0.207. The molecule has 1 N–H and O–H groups in total. The summed E-state index contributed by atoms with van der Waals surface area (Å²) in [6.45, 7) is 2.05. The van der Waals surface area contributed by atoms with Gasteiger partial charge in [-0.25, -0.2) is 0 Å². The van der Waals surface area contributed by atoms with Gasteiger partial charge >= 0.3 is 0 Å². The number of hydrogen-bond acceptors (Lipinski definition) is 2. The second kappa shape index (κ2) is 5.02. The van der Waals surface area contributed by atoms with Crippen LogP contribution in [-0.4, -0.2) is 5.91 Å². The lowest BCUT2D eigenvalue weighted by Gasteiger charge is -2.39. The molecule has 0 unspecified atom stereocenters. The normalized spacial score (nSPS) is 26.0. The second-order valence-electron chi connectivity index (χ2n) is 4.79. The Bertz CT molecular complexity index is 530. The van der Waals surface area contributed by atoms with E-state index < -0.39 is 5.41 Å². The first kappa shape index (κ1) is 13.6. The summed E-state index contributed by atoms with van der Waals surface area (Å²) in [7, 11) is 0. The van der Waals surface area contributed by atoms with Gasteiger partial charge in [-0.2, -0.15) is 5.26 Å². The molecule has 1 aliphatic carbocycles. The van der Waals surface area contributed by atoms with Gasteiger partial charge in [0.1, 0.15) is 5.41 Å². The smallest absolute Gasteiger partial charge is 0.244 e. The van der Waals surface area contributed by atoms with Crippen LogP contribution in [0.3, 0.4) is 0 Å². The summed E-state index contributed by atoms with van der Waals surface area (Å²) in [4.78, 5) is 12.2. The number of nitriles is 1. The average Bonchev–Trinajstić information content (AvgIpc) is 2.29. The van der Waals surface area contributed by atoms with Crippen molar-refractivity contribution in [3.8, 4) is 6.07 Å². The molecule has 1 aromatic rings. The SMILES string of the molecule is CC1CC(C#N)(C(=O)Nc2cc(Br)ccc2Br)C1. The third-order valence-electron chi connectivity index (χ3n) is 3.22. The van der Waals surface area contributed by atoms with E-state index in [2.05, 4.69) is 50.2 Å². The summed E-state index contributed by atoms with van der Waals surface area (Å²) in [5.74, 6) is 0.239. The fourth-order valence-electron chi connectivity index (χ4n) is 2.29. The Labute approximate surface area is 123 Å². The Hall–Kier alpha value is -0.860. The molecule has 0 aliphatic heterocycles. The number of nitrogens with zero attached hydrogens (tertiary/aromatic N) is 1. The quantitative estimate of drug-likeness (QED) is 0.851. The van der Waals surface area contributed by atoms with Gasteiger partial charge in [-0.3, -0.25) is 4.79 Å². The Kier molecular flexibility index (Phi) is 3.79. The van der Waals surface area contributed by atoms with Crippen LogP contribution in [0.4, 0.5) is 5.69 Å². The molecule has 2 rings (SSSR count). The molecule has 1 fully saturated rings. The van der Waals surface area contributed by atoms with E-state index in [0.717, 1.165) is 8.95 Å². The van der Waals surface area contributed by atoms with Crippen molar-refractivity contribution in [3.63, 3.8) is 0 Å². The van der Waals surface area contributed by atoms with E-state index in [0.29, 0.717) is 24.4 Å². The molecule has 1 aromatic carbocycles. The molecule has 0 aromatic heterocycles. The Morgan fingerprint density at radius 1 is 1.50 bits per heavy atom. The zero-order chi connectivity index (χ0) is 13.3. The summed E-state index contributed by atoms with van der Waals surface area (Å²) in [6, 6.07) is 7.70. The van der Waals surface area contributed by atoms with Crippen molar-refractivity contribution < 1.29 is 4.79 Å². The van der Waals surface area contributed by atoms with Gasteiger partial charge in [0.2, 0.25) is 5.91 Å². The van der Waals surface area contributed by atoms with Crippen molar-refractivity contribution in [1.29, 1.82) is 5.26 Å². The van der Waals surface area contributed by atoms with Crippen LogP contribution in [-0.2, 0) is 4.79 Å². The molecule has 1 aliphatic rings. The zero-order valence-electron chi connectivity index (χ0n) is 9.84. The van der Waals surface area contributed by atoms with E-state index in [-0.39, 0.29) is 5.91 Å². The third-order valence-corrected chi connectivity index (χ3v) is 4.40. The first-order valence-corrected chi connectivity index (χ1v) is 7.23. The lowest BCUT2D eigenvalue weighted by Crippen LogP contribution is -2.45. The molecule has 0 radical (unpaired) electrons. The molecule has 1 amide bonds. The van der Waals surface area contributed by atoms with Crippen LogP contribution in [0.15, 0.2) is 27.1 Å². The van der Waals surface area contributed by atoms with Crippen LogP contribution in [0, 0.1) is 22.7 Å². The molecular weight excluding hydrogens is 360 g/mol. The minimum Gasteiger partial charge on any atom is -0.324 e. The number of hydrogen-bond donors (Lipinski definition) is 1. The molecule has 3 nitrogen and oxygen atoms in total. The summed E-state index contributed by atoms with van der Waals surface area (Å²) in [6.07, 6.45) is 1.28. The van der Waals surface area contributed by atoms with Gasteiger partial charge in [0, 0.05) is 8.95 Å². The number of carbonyl (C=O) groups excluding carboxylic acids is 1. The molecular formula is C13H12Br2N2O. The van der Waals surface area contributed by atoms with Crippen LogP contribution in [0.2, 0.25) is 0 Å². The van der Waals surface area contributed by atoms with Crippen molar-refractivity contribution in [3.05, 3.63) is 27.1 Å². The highest BCUT2D eigenvalue weighted by atomic mass is 79.9. The molecule has 0 bridgehead atoms. The van der Waals surface area contributed by atoms with E-state index in [4.69, 9.17) is 0 Å². The van der Waals surface area contributed by atoms with Crippen molar-refractivity contribution in [2.45, 2.75) is 19.8 Å². The standard InChI is InChI=1S/C13H12Br2N2O/c1-8-5-13(6-8,7-16)12(18)17-11-4-9(14)2-3-10(11)15/h2-4,8H,5-6H2,1H3,(H,17,18). The highest BCUT2D eigenvalue weighted by molar-refractivity contribution is 9.11. The summed E-state index contributed by atoms with van der Waals surface area (Å²) in [5.41, 5.74) is -0.162. The number of nitrogens with one attached hydrogen (secondary N) is 1. The number of halogens is 2. The fraction of sp³-hybridized carbons (Fsp3) is 0.385. The second-order valence-corrected chi connectivity index (χ2v) is 6.56. The van der Waals surface area contributed by atoms with Gasteiger partial charge in [0.05, 0.1) is 11.8 Å². The van der Waals surface area contributed by atoms with E-state index in [9.17, 15) is 10.1 Å². The summed E-state index contributed by atoms with van der Waals surface area (Å²) >= 11 is 6.74. The van der Waals surface area contributed by atoms with E-state index in [1.54, 1.807) is 0 Å². The van der Waals surface area contributed by atoms with Crippen molar-refractivity contribution in [2.75, 3.05) is 5.32 Å².